The summed E-state index contributed by atoms with van der Waals surface area (Å²) in [6.45, 7) is 1.07. The van der Waals surface area contributed by atoms with Gasteiger partial charge in [-0.3, -0.25) is 0 Å². The number of rotatable bonds is 4. The van der Waals surface area contributed by atoms with Gasteiger partial charge >= 0.3 is 0 Å². The average Bonchev–Trinajstić information content (AvgIpc) is 2.73. The maximum Gasteiger partial charge on any atom is 0.146 e. The molecule has 2 nitrogen and oxygen atoms in total. The van der Waals surface area contributed by atoms with Crippen LogP contribution in [-0.4, -0.2) is 11.1 Å². The molecule has 4 heteroatoms. The minimum absolute atomic E-state index is 0.162. The molecule has 90 valence electrons. The number of hydrogen-bond donors (Lipinski definition) is 1. The predicted octanol–water partition coefficient (Wildman–Crippen LogP) is 2.83. The minimum atomic E-state index is -0.346. The lowest BCUT2D eigenvalue weighted by Gasteiger charge is -2.10. The maximum atomic E-state index is 13.7. The molecule has 0 aliphatic carbocycles. The van der Waals surface area contributed by atoms with Gasteiger partial charge in [-0.2, -0.15) is 0 Å². The lowest BCUT2D eigenvalue weighted by molar-refractivity contribution is 0.596. The Morgan fingerprint density at radius 3 is 2.82 bits per heavy atom. The molecule has 0 spiro atoms. The molecular weight excluding hydrogens is 239 g/mol. The Kier molecular flexibility index (Phi) is 3.82. The van der Waals surface area contributed by atoms with Crippen LogP contribution in [-0.2, 0) is 13.0 Å². The summed E-state index contributed by atoms with van der Waals surface area (Å²) in [5.41, 5.74) is 7.22. The van der Waals surface area contributed by atoms with E-state index in [-0.39, 0.29) is 10.8 Å². The van der Waals surface area contributed by atoms with E-state index >= 15 is 0 Å². The highest BCUT2D eigenvalue weighted by atomic mass is 35.5. The molecule has 17 heavy (non-hydrogen) atoms. The zero-order chi connectivity index (χ0) is 12.3. The summed E-state index contributed by atoms with van der Waals surface area (Å²) in [5, 5.41) is 0.162. The first-order valence-corrected chi connectivity index (χ1v) is 5.87. The third kappa shape index (κ3) is 2.68. The Bertz CT molecular complexity index is 508. The Balaban J connectivity index is 2.25. The molecule has 1 aromatic carbocycles. The number of hydrogen-bond acceptors (Lipinski definition) is 1. The second-order valence-electron chi connectivity index (χ2n) is 3.88. The second-order valence-corrected chi connectivity index (χ2v) is 4.29. The summed E-state index contributed by atoms with van der Waals surface area (Å²) in [5.74, 6) is -0.346. The largest absolute Gasteiger partial charge is 0.347 e. The van der Waals surface area contributed by atoms with Crippen molar-refractivity contribution in [3.05, 3.63) is 58.6 Å². The normalized spacial score (nSPS) is 10.8. The van der Waals surface area contributed by atoms with E-state index in [0.29, 0.717) is 18.7 Å². The van der Waals surface area contributed by atoms with Gasteiger partial charge in [0.05, 0.1) is 11.6 Å². The molecule has 0 saturated heterocycles. The molecule has 2 rings (SSSR count). The molecule has 1 heterocycles. The van der Waals surface area contributed by atoms with Gasteiger partial charge in [0.15, 0.2) is 0 Å². The second kappa shape index (κ2) is 5.34. The van der Waals surface area contributed by atoms with Crippen LogP contribution >= 0.6 is 11.6 Å². The number of nitrogens with two attached hydrogens (primary N) is 1. The molecule has 0 amide bonds. The molecule has 0 radical (unpaired) electrons. The predicted molar refractivity (Wildman–Crippen MR) is 67.7 cm³/mol. The van der Waals surface area contributed by atoms with E-state index in [9.17, 15) is 4.39 Å². The van der Waals surface area contributed by atoms with Crippen LogP contribution in [0.15, 0.2) is 36.5 Å². The van der Waals surface area contributed by atoms with E-state index in [1.165, 1.54) is 0 Å². The Hall–Kier alpha value is -1.32. The molecule has 0 bridgehead atoms. The van der Waals surface area contributed by atoms with Gasteiger partial charge in [0, 0.05) is 17.5 Å². The Morgan fingerprint density at radius 1 is 1.24 bits per heavy atom. The van der Waals surface area contributed by atoms with E-state index in [2.05, 4.69) is 0 Å². The lowest BCUT2D eigenvalue weighted by atomic mass is 10.2. The van der Waals surface area contributed by atoms with Crippen molar-refractivity contribution < 1.29 is 4.39 Å². The monoisotopic (exact) mass is 252 g/mol. The third-order valence-electron chi connectivity index (χ3n) is 2.70. The molecule has 0 aliphatic heterocycles. The summed E-state index contributed by atoms with van der Waals surface area (Å²) in [6.07, 6.45) is 2.71. The van der Waals surface area contributed by atoms with E-state index in [1.807, 2.05) is 22.9 Å². The van der Waals surface area contributed by atoms with Crippen LogP contribution in [0.4, 0.5) is 4.39 Å². The summed E-state index contributed by atoms with van der Waals surface area (Å²) in [4.78, 5) is 0. The quantitative estimate of drug-likeness (QED) is 0.891. The van der Waals surface area contributed by atoms with Crippen LogP contribution in [0.2, 0.25) is 5.02 Å². The molecular formula is C13H14ClFN2. The summed E-state index contributed by atoms with van der Waals surface area (Å²) in [6, 6.07) is 8.99. The van der Waals surface area contributed by atoms with E-state index in [1.54, 1.807) is 18.2 Å². The van der Waals surface area contributed by atoms with Crippen molar-refractivity contribution in [2.45, 2.75) is 13.0 Å². The molecule has 0 fully saturated rings. The first-order valence-electron chi connectivity index (χ1n) is 5.49. The van der Waals surface area contributed by atoms with E-state index in [0.717, 1.165) is 12.1 Å². The molecule has 0 unspecified atom stereocenters. The van der Waals surface area contributed by atoms with Crippen molar-refractivity contribution in [2.75, 3.05) is 6.54 Å². The van der Waals surface area contributed by atoms with Crippen LogP contribution in [0.3, 0.4) is 0 Å². The van der Waals surface area contributed by atoms with Gasteiger partial charge in [-0.05, 0) is 31.2 Å². The fraction of sp³-hybridized carbons (Fsp3) is 0.231. The Morgan fingerprint density at radius 2 is 2.06 bits per heavy atom. The van der Waals surface area contributed by atoms with Crippen LogP contribution in [0, 0.1) is 5.82 Å². The molecule has 2 N–H and O–H groups in total. The molecule has 1 aromatic heterocycles. The standard InChI is InChI=1S/C13H14ClFN2/c14-12-5-1-3-10(13(12)15)9-17-8-2-4-11(17)6-7-16/h1-5,8H,6-7,9,16H2. The summed E-state index contributed by atoms with van der Waals surface area (Å²) >= 11 is 5.75. The number of halogens is 2. The SMILES string of the molecule is NCCc1cccn1Cc1cccc(Cl)c1F. The fourth-order valence-corrected chi connectivity index (χ4v) is 2.03. The number of aromatic nitrogens is 1. The van der Waals surface area contributed by atoms with Gasteiger partial charge in [0.1, 0.15) is 5.82 Å². The minimum Gasteiger partial charge on any atom is -0.347 e. The van der Waals surface area contributed by atoms with Crippen molar-refractivity contribution >= 4 is 11.6 Å². The highest BCUT2D eigenvalue weighted by molar-refractivity contribution is 6.30. The van der Waals surface area contributed by atoms with Crippen LogP contribution in [0.1, 0.15) is 11.3 Å². The highest BCUT2D eigenvalue weighted by Crippen LogP contribution is 2.19. The Labute approximate surface area is 105 Å². The van der Waals surface area contributed by atoms with Gasteiger partial charge < -0.3 is 10.3 Å². The molecule has 2 aromatic rings. The smallest absolute Gasteiger partial charge is 0.146 e. The van der Waals surface area contributed by atoms with Crippen LogP contribution in [0.25, 0.3) is 0 Å². The summed E-state index contributed by atoms with van der Waals surface area (Å²) < 4.78 is 15.7. The summed E-state index contributed by atoms with van der Waals surface area (Å²) in [7, 11) is 0. The lowest BCUT2D eigenvalue weighted by Crippen LogP contribution is -2.10. The fourth-order valence-electron chi connectivity index (χ4n) is 1.83. The van der Waals surface area contributed by atoms with Crippen molar-refractivity contribution in [1.29, 1.82) is 0 Å². The topological polar surface area (TPSA) is 30.9 Å². The molecule has 0 atom stereocenters. The van der Waals surface area contributed by atoms with Crippen LogP contribution in [0.5, 0.6) is 0 Å². The van der Waals surface area contributed by atoms with Crippen molar-refractivity contribution in [3.8, 4) is 0 Å². The van der Waals surface area contributed by atoms with Gasteiger partial charge in [-0.25, -0.2) is 4.39 Å². The van der Waals surface area contributed by atoms with Crippen LogP contribution < -0.4 is 5.73 Å². The zero-order valence-electron chi connectivity index (χ0n) is 9.37. The number of benzene rings is 1. The van der Waals surface area contributed by atoms with E-state index < -0.39 is 0 Å². The maximum absolute atomic E-state index is 13.7. The highest BCUT2D eigenvalue weighted by Gasteiger charge is 2.08. The van der Waals surface area contributed by atoms with Crippen molar-refractivity contribution in [3.63, 3.8) is 0 Å². The van der Waals surface area contributed by atoms with Gasteiger partial charge in [0.2, 0.25) is 0 Å². The van der Waals surface area contributed by atoms with Gasteiger partial charge in [-0.1, -0.05) is 23.7 Å². The number of nitrogens with zero attached hydrogens (tertiary/aromatic N) is 1. The molecule has 0 saturated carbocycles. The average molecular weight is 253 g/mol. The molecule has 0 aliphatic rings. The van der Waals surface area contributed by atoms with E-state index in [4.69, 9.17) is 17.3 Å². The first-order chi connectivity index (χ1) is 8.22. The first kappa shape index (κ1) is 12.1. The third-order valence-corrected chi connectivity index (χ3v) is 2.99. The van der Waals surface area contributed by atoms with Gasteiger partial charge in [0.25, 0.3) is 0 Å². The van der Waals surface area contributed by atoms with Crippen molar-refractivity contribution in [2.24, 2.45) is 5.73 Å². The van der Waals surface area contributed by atoms with Gasteiger partial charge in [-0.15, -0.1) is 0 Å². The zero-order valence-corrected chi connectivity index (χ0v) is 10.1. The van der Waals surface area contributed by atoms with Crippen molar-refractivity contribution in [1.82, 2.24) is 4.57 Å².